The zero-order valence-corrected chi connectivity index (χ0v) is 18.3. The molecule has 31 heavy (non-hydrogen) atoms. The first-order valence-corrected chi connectivity index (χ1v) is 10.4. The van der Waals surface area contributed by atoms with Crippen molar-refractivity contribution >= 4 is 11.6 Å². The Hall–Kier alpha value is -3.47. The number of rotatable bonds is 10. The smallest absolute Gasteiger partial charge is 0.255 e. The Morgan fingerprint density at radius 1 is 0.806 bits per heavy atom. The molecule has 0 saturated heterocycles. The highest BCUT2D eigenvalue weighted by Crippen LogP contribution is 2.26. The van der Waals surface area contributed by atoms with Crippen molar-refractivity contribution in [3.63, 3.8) is 0 Å². The van der Waals surface area contributed by atoms with Gasteiger partial charge in [-0.05, 0) is 86.3 Å². The van der Waals surface area contributed by atoms with E-state index in [1.807, 2.05) is 55.5 Å². The van der Waals surface area contributed by atoms with Crippen LogP contribution in [0.25, 0.3) is 0 Å². The van der Waals surface area contributed by atoms with Gasteiger partial charge in [0.1, 0.15) is 17.2 Å². The number of amides is 1. The Balaban J connectivity index is 1.41. The van der Waals surface area contributed by atoms with Crippen LogP contribution in [-0.4, -0.2) is 26.2 Å². The predicted octanol–water partition coefficient (Wildman–Crippen LogP) is 5.80. The van der Waals surface area contributed by atoms with Gasteiger partial charge >= 0.3 is 0 Å². The Morgan fingerprint density at radius 3 is 2.16 bits per heavy atom. The van der Waals surface area contributed by atoms with E-state index in [2.05, 4.69) is 18.3 Å². The van der Waals surface area contributed by atoms with Crippen LogP contribution < -0.4 is 19.5 Å². The molecule has 1 N–H and O–H groups in total. The number of ether oxygens (including phenoxy) is 3. The summed E-state index contributed by atoms with van der Waals surface area (Å²) in [6, 6.07) is 20.8. The van der Waals surface area contributed by atoms with Crippen molar-refractivity contribution in [3.05, 3.63) is 83.4 Å². The molecule has 0 saturated carbocycles. The van der Waals surface area contributed by atoms with E-state index in [0.717, 1.165) is 29.9 Å². The van der Waals surface area contributed by atoms with Crippen LogP contribution in [0.15, 0.2) is 66.7 Å². The monoisotopic (exact) mass is 419 g/mol. The molecule has 0 heterocycles. The summed E-state index contributed by atoms with van der Waals surface area (Å²) in [4.78, 5) is 12.6. The molecule has 0 radical (unpaired) electrons. The molecule has 0 unspecified atom stereocenters. The Morgan fingerprint density at radius 2 is 1.48 bits per heavy atom. The maximum atomic E-state index is 12.6. The third kappa shape index (κ3) is 6.78. The number of carbonyl (C=O) groups is 1. The number of methoxy groups -OCH3 is 1. The first kappa shape index (κ1) is 22.2. The van der Waals surface area contributed by atoms with E-state index in [1.165, 1.54) is 5.56 Å². The molecular formula is C26H29NO4. The van der Waals surface area contributed by atoms with Gasteiger partial charge in [0.2, 0.25) is 0 Å². The van der Waals surface area contributed by atoms with Crippen LogP contribution in [0.1, 0.15) is 34.3 Å². The van der Waals surface area contributed by atoms with E-state index in [9.17, 15) is 4.79 Å². The average Bonchev–Trinajstić information content (AvgIpc) is 2.77. The molecule has 0 atom stereocenters. The Bertz CT molecular complexity index is 999. The minimum Gasteiger partial charge on any atom is -0.495 e. The lowest BCUT2D eigenvalue weighted by Gasteiger charge is -2.11. The van der Waals surface area contributed by atoms with Crippen LogP contribution in [0.3, 0.4) is 0 Å². The van der Waals surface area contributed by atoms with Crippen molar-refractivity contribution in [2.75, 3.05) is 25.6 Å². The molecule has 0 aliphatic heterocycles. The fourth-order valence-electron chi connectivity index (χ4n) is 3.11. The number of aryl methyl sites for hydroxylation is 2. The van der Waals surface area contributed by atoms with Crippen LogP contribution >= 0.6 is 0 Å². The van der Waals surface area contributed by atoms with Crippen molar-refractivity contribution in [2.24, 2.45) is 0 Å². The summed E-state index contributed by atoms with van der Waals surface area (Å²) in [5, 5.41) is 2.90. The van der Waals surface area contributed by atoms with E-state index < -0.39 is 0 Å². The number of carbonyl (C=O) groups excluding carboxylic acids is 1. The standard InChI is InChI=1S/C26H29NO4/c1-19-7-6-8-23(17-19)31-16-5-4-15-30-22-12-10-21(11-13-22)26(28)27-24-18-20(2)9-14-25(24)29-3/h6-14,17-18H,4-5,15-16H2,1-3H3,(H,27,28). The topological polar surface area (TPSA) is 56.8 Å². The van der Waals surface area contributed by atoms with Crippen LogP contribution in [0.2, 0.25) is 0 Å². The van der Waals surface area contributed by atoms with Crippen molar-refractivity contribution in [1.82, 2.24) is 0 Å². The van der Waals surface area contributed by atoms with Gasteiger partial charge in [-0.25, -0.2) is 0 Å². The van der Waals surface area contributed by atoms with Crippen LogP contribution in [0.5, 0.6) is 17.2 Å². The summed E-state index contributed by atoms with van der Waals surface area (Å²) in [6.45, 7) is 5.28. The molecule has 3 rings (SSSR count). The van der Waals surface area contributed by atoms with Gasteiger partial charge in [0.15, 0.2) is 0 Å². The number of benzene rings is 3. The summed E-state index contributed by atoms with van der Waals surface area (Å²) in [5.74, 6) is 2.08. The zero-order chi connectivity index (χ0) is 22.1. The fourth-order valence-corrected chi connectivity index (χ4v) is 3.11. The second-order valence-electron chi connectivity index (χ2n) is 7.40. The number of hydrogen-bond acceptors (Lipinski definition) is 4. The minimum absolute atomic E-state index is 0.191. The van der Waals surface area contributed by atoms with E-state index in [0.29, 0.717) is 30.2 Å². The molecule has 5 nitrogen and oxygen atoms in total. The normalized spacial score (nSPS) is 10.4. The van der Waals surface area contributed by atoms with Gasteiger partial charge in [-0.15, -0.1) is 0 Å². The highest BCUT2D eigenvalue weighted by molar-refractivity contribution is 6.05. The SMILES string of the molecule is COc1ccc(C)cc1NC(=O)c1ccc(OCCCCOc2cccc(C)c2)cc1. The summed E-state index contributed by atoms with van der Waals surface area (Å²) < 4.78 is 16.8. The lowest BCUT2D eigenvalue weighted by Crippen LogP contribution is -2.12. The third-order valence-corrected chi connectivity index (χ3v) is 4.79. The molecule has 162 valence electrons. The first-order chi connectivity index (χ1) is 15.0. The van der Waals surface area contributed by atoms with Crippen molar-refractivity contribution in [2.45, 2.75) is 26.7 Å². The molecule has 3 aromatic carbocycles. The molecular weight excluding hydrogens is 390 g/mol. The zero-order valence-electron chi connectivity index (χ0n) is 18.3. The molecule has 0 spiro atoms. The molecule has 5 heteroatoms. The second-order valence-corrected chi connectivity index (χ2v) is 7.40. The molecule has 0 bridgehead atoms. The average molecular weight is 420 g/mol. The third-order valence-electron chi connectivity index (χ3n) is 4.79. The van der Waals surface area contributed by atoms with E-state index in [1.54, 1.807) is 19.2 Å². The molecule has 0 aromatic heterocycles. The first-order valence-electron chi connectivity index (χ1n) is 10.4. The van der Waals surface area contributed by atoms with Crippen LogP contribution in [0.4, 0.5) is 5.69 Å². The quantitative estimate of drug-likeness (QED) is 0.422. The van der Waals surface area contributed by atoms with Crippen molar-refractivity contribution in [3.8, 4) is 17.2 Å². The molecule has 3 aromatic rings. The summed E-state index contributed by atoms with van der Waals surface area (Å²) in [7, 11) is 1.58. The van der Waals surface area contributed by atoms with Gasteiger partial charge in [-0.2, -0.15) is 0 Å². The number of nitrogens with one attached hydrogen (secondary N) is 1. The largest absolute Gasteiger partial charge is 0.495 e. The van der Waals surface area contributed by atoms with E-state index >= 15 is 0 Å². The molecule has 0 aliphatic carbocycles. The highest BCUT2D eigenvalue weighted by atomic mass is 16.5. The van der Waals surface area contributed by atoms with Gasteiger partial charge in [0.25, 0.3) is 5.91 Å². The molecule has 1 amide bonds. The van der Waals surface area contributed by atoms with Gasteiger partial charge in [-0.3, -0.25) is 4.79 Å². The van der Waals surface area contributed by atoms with Gasteiger partial charge in [0, 0.05) is 5.56 Å². The molecule has 0 fully saturated rings. The maximum absolute atomic E-state index is 12.6. The van der Waals surface area contributed by atoms with Crippen LogP contribution in [0, 0.1) is 13.8 Å². The predicted molar refractivity (Wildman–Crippen MR) is 124 cm³/mol. The number of hydrogen-bond donors (Lipinski definition) is 1. The summed E-state index contributed by atoms with van der Waals surface area (Å²) >= 11 is 0. The Labute approximate surface area is 184 Å². The van der Waals surface area contributed by atoms with Crippen LogP contribution in [-0.2, 0) is 0 Å². The number of anilines is 1. The summed E-state index contributed by atoms with van der Waals surface area (Å²) in [6.07, 6.45) is 1.80. The summed E-state index contributed by atoms with van der Waals surface area (Å²) in [5.41, 5.74) is 3.45. The lowest BCUT2D eigenvalue weighted by atomic mass is 10.1. The van der Waals surface area contributed by atoms with Gasteiger partial charge < -0.3 is 19.5 Å². The van der Waals surface area contributed by atoms with E-state index in [4.69, 9.17) is 14.2 Å². The maximum Gasteiger partial charge on any atom is 0.255 e. The van der Waals surface area contributed by atoms with Crippen molar-refractivity contribution in [1.29, 1.82) is 0 Å². The minimum atomic E-state index is -0.191. The van der Waals surface area contributed by atoms with Gasteiger partial charge in [0.05, 0.1) is 26.0 Å². The number of unbranched alkanes of at least 4 members (excludes halogenated alkanes) is 1. The van der Waals surface area contributed by atoms with E-state index in [-0.39, 0.29) is 5.91 Å². The van der Waals surface area contributed by atoms with Crippen molar-refractivity contribution < 1.29 is 19.0 Å². The molecule has 0 aliphatic rings. The highest BCUT2D eigenvalue weighted by Gasteiger charge is 2.10. The lowest BCUT2D eigenvalue weighted by molar-refractivity contribution is 0.102. The second kappa shape index (κ2) is 11.1. The fraction of sp³-hybridized carbons (Fsp3) is 0.269. The van der Waals surface area contributed by atoms with Gasteiger partial charge in [-0.1, -0.05) is 18.2 Å². The Kier molecular flexibility index (Phi) is 7.93.